The van der Waals surface area contributed by atoms with Crippen LogP contribution in [0.1, 0.15) is 24.1 Å². The molecular formula is C13H13BrFNO. The molecule has 0 saturated heterocycles. The molecule has 1 unspecified atom stereocenters. The molecule has 4 heteroatoms. The number of hydrogen-bond donors (Lipinski definition) is 1. The molecule has 0 amide bonds. The average molecular weight is 298 g/mol. The fraction of sp³-hybridized carbons (Fsp3) is 0.231. The Bertz CT molecular complexity index is 484. The zero-order valence-electron chi connectivity index (χ0n) is 9.41. The molecule has 1 aromatic heterocycles. The molecule has 0 bridgehead atoms. The summed E-state index contributed by atoms with van der Waals surface area (Å²) in [4.78, 5) is 0. The topological polar surface area (TPSA) is 25.2 Å². The molecule has 1 atom stereocenters. The lowest BCUT2D eigenvalue weighted by Crippen LogP contribution is -2.21. The first kappa shape index (κ1) is 12.3. The van der Waals surface area contributed by atoms with Gasteiger partial charge in [0.15, 0.2) is 0 Å². The Kier molecular flexibility index (Phi) is 3.97. The summed E-state index contributed by atoms with van der Waals surface area (Å²) in [5.41, 5.74) is 2.02. The lowest BCUT2D eigenvalue weighted by atomic mass is 10.0. The fourth-order valence-corrected chi connectivity index (χ4v) is 2.37. The minimum Gasteiger partial charge on any atom is -0.472 e. The standard InChI is InChI=1S/C13H13BrFNO/c1-2-16-13(9-5-6-17-8-9)11-4-3-10(15)7-12(11)14/h3-8,13,16H,2H2,1H3. The van der Waals surface area contributed by atoms with Crippen LogP contribution in [0.2, 0.25) is 0 Å². The number of furan rings is 1. The number of rotatable bonds is 4. The summed E-state index contributed by atoms with van der Waals surface area (Å²) in [5.74, 6) is -0.247. The van der Waals surface area contributed by atoms with Crippen molar-refractivity contribution in [3.63, 3.8) is 0 Å². The van der Waals surface area contributed by atoms with Crippen LogP contribution in [0.15, 0.2) is 45.7 Å². The molecular weight excluding hydrogens is 285 g/mol. The van der Waals surface area contributed by atoms with Gasteiger partial charge in [0.25, 0.3) is 0 Å². The van der Waals surface area contributed by atoms with E-state index in [1.165, 1.54) is 12.1 Å². The van der Waals surface area contributed by atoms with Gasteiger partial charge in [0.2, 0.25) is 0 Å². The predicted molar refractivity (Wildman–Crippen MR) is 68.3 cm³/mol. The molecule has 2 aromatic rings. The van der Waals surface area contributed by atoms with E-state index in [-0.39, 0.29) is 11.9 Å². The van der Waals surface area contributed by atoms with Crippen molar-refractivity contribution in [3.8, 4) is 0 Å². The third-order valence-electron chi connectivity index (χ3n) is 2.56. The first-order valence-electron chi connectivity index (χ1n) is 5.42. The highest BCUT2D eigenvalue weighted by Gasteiger charge is 2.17. The average Bonchev–Trinajstić information content (AvgIpc) is 2.80. The van der Waals surface area contributed by atoms with E-state index in [9.17, 15) is 4.39 Å². The molecule has 0 radical (unpaired) electrons. The van der Waals surface area contributed by atoms with Gasteiger partial charge in [-0.1, -0.05) is 28.9 Å². The van der Waals surface area contributed by atoms with Gasteiger partial charge in [0.1, 0.15) is 5.82 Å². The summed E-state index contributed by atoms with van der Waals surface area (Å²) in [6, 6.07) is 6.63. The molecule has 17 heavy (non-hydrogen) atoms. The molecule has 1 aromatic carbocycles. The lowest BCUT2D eigenvalue weighted by Gasteiger charge is -2.18. The van der Waals surface area contributed by atoms with Crippen LogP contribution >= 0.6 is 15.9 Å². The van der Waals surface area contributed by atoms with Gasteiger partial charge in [-0.2, -0.15) is 0 Å². The molecule has 0 aliphatic rings. The third kappa shape index (κ3) is 2.76. The van der Waals surface area contributed by atoms with E-state index in [0.717, 1.165) is 22.1 Å². The molecule has 0 fully saturated rings. The Morgan fingerprint density at radius 2 is 2.24 bits per heavy atom. The van der Waals surface area contributed by atoms with E-state index in [4.69, 9.17) is 4.42 Å². The second kappa shape index (κ2) is 5.47. The first-order valence-corrected chi connectivity index (χ1v) is 6.22. The second-order valence-electron chi connectivity index (χ2n) is 3.71. The SMILES string of the molecule is CCNC(c1ccoc1)c1ccc(F)cc1Br. The highest BCUT2D eigenvalue weighted by atomic mass is 79.9. The van der Waals surface area contributed by atoms with Gasteiger partial charge in [-0.25, -0.2) is 4.39 Å². The minimum absolute atomic E-state index is 0.00808. The maximum atomic E-state index is 13.1. The van der Waals surface area contributed by atoms with Gasteiger partial charge >= 0.3 is 0 Å². The Morgan fingerprint density at radius 1 is 1.41 bits per heavy atom. The van der Waals surface area contributed by atoms with E-state index in [1.54, 1.807) is 18.6 Å². The van der Waals surface area contributed by atoms with Crippen LogP contribution < -0.4 is 5.32 Å². The summed E-state index contributed by atoms with van der Waals surface area (Å²) in [6.07, 6.45) is 3.33. The van der Waals surface area contributed by atoms with Crippen LogP contribution in [0, 0.1) is 5.82 Å². The van der Waals surface area contributed by atoms with Gasteiger partial charge < -0.3 is 9.73 Å². The van der Waals surface area contributed by atoms with Crippen LogP contribution in [0.5, 0.6) is 0 Å². The maximum Gasteiger partial charge on any atom is 0.124 e. The van der Waals surface area contributed by atoms with Crippen LogP contribution in [0.25, 0.3) is 0 Å². The zero-order chi connectivity index (χ0) is 12.3. The van der Waals surface area contributed by atoms with Gasteiger partial charge in [0, 0.05) is 10.0 Å². The zero-order valence-corrected chi connectivity index (χ0v) is 11.0. The van der Waals surface area contributed by atoms with Crippen LogP contribution in [-0.4, -0.2) is 6.54 Å². The summed E-state index contributed by atoms with van der Waals surface area (Å²) >= 11 is 3.39. The third-order valence-corrected chi connectivity index (χ3v) is 3.25. The van der Waals surface area contributed by atoms with Crippen molar-refractivity contribution in [1.29, 1.82) is 0 Å². The quantitative estimate of drug-likeness (QED) is 0.926. The Morgan fingerprint density at radius 3 is 2.82 bits per heavy atom. The molecule has 90 valence electrons. The van der Waals surface area contributed by atoms with Gasteiger partial charge in [0.05, 0.1) is 18.6 Å². The Labute approximate surface area is 108 Å². The largest absolute Gasteiger partial charge is 0.472 e. The predicted octanol–water partition coefficient (Wildman–Crippen LogP) is 3.88. The Hall–Kier alpha value is -1.13. The highest BCUT2D eigenvalue weighted by molar-refractivity contribution is 9.10. The van der Waals surface area contributed by atoms with Crippen molar-refractivity contribution in [3.05, 3.63) is 58.2 Å². The summed E-state index contributed by atoms with van der Waals surface area (Å²) in [7, 11) is 0. The normalized spacial score (nSPS) is 12.6. The molecule has 1 N–H and O–H groups in total. The van der Waals surface area contributed by atoms with Crippen LogP contribution in [0.4, 0.5) is 4.39 Å². The van der Waals surface area contributed by atoms with Crippen molar-refractivity contribution >= 4 is 15.9 Å². The van der Waals surface area contributed by atoms with E-state index >= 15 is 0 Å². The van der Waals surface area contributed by atoms with Crippen LogP contribution in [-0.2, 0) is 0 Å². The molecule has 0 saturated carbocycles. The van der Waals surface area contributed by atoms with E-state index in [0.29, 0.717) is 0 Å². The Balaban J connectivity index is 2.39. The molecule has 0 spiro atoms. The van der Waals surface area contributed by atoms with Crippen LogP contribution in [0.3, 0.4) is 0 Å². The fourth-order valence-electron chi connectivity index (χ4n) is 1.79. The highest BCUT2D eigenvalue weighted by Crippen LogP contribution is 2.29. The van der Waals surface area contributed by atoms with Gasteiger partial charge in [-0.05, 0) is 30.3 Å². The number of nitrogens with one attached hydrogen (secondary N) is 1. The molecule has 1 heterocycles. The van der Waals surface area contributed by atoms with Crippen molar-refractivity contribution in [1.82, 2.24) is 5.32 Å². The van der Waals surface area contributed by atoms with Crippen molar-refractivity contribution < 1.29 is 8.81 Å². The van der Waals surface area contributed by atoms with E-state index < -0.39 is 0 Å². The lowest BCUT2D eigenvalue weighted by molar-refractivity contribution is 0.552. The number of halogens is 2. The van der Waals surface area contributed by atoms with Crippen molar-refractivity contribution in [2.75, 3.05) is 6.54 Å². The molecule has 2 nitrogen and oxygen atoms in total. The van der Waals surface area contributed by atoms with Gasteiger partial charge in [-0.3, -0.25) is 0 Å². The molecule has 0 aliphatic carbocycles. The van der Waals surface area contributed by atoms with Crippen molar-refractivity contribution in [2.24, 2.45) is 0 Å². The summed E-state index contributed by atoms with van der Waals surface area (Å²) < 4.78 is 18.9. The molecule has 0 aliphatic heterocycles. The minimum atomic E-state index is -0.247. The number of hydrogen-bond acceptors (Lipinski definition) is 2. The number of benzene rings is 1. The van der Waals surface area contributed by atoms with Crippen molar-refractivity contribution in [2.45, 2.75) is 13.0 Å². The smallest absolute Gasteiger partial charge is 0.124 e. The van der Waals surface area contributed by atoms with Gasteiger partial charge in [-0.15, -0.1) is 0 Å². The van der Waals surface area contributed by atoms with E-state index in [2.05, 4.69) is 21.2 Å². The maximum absolute atomic E-state index is 13.1. The summed E-state index contributed by atoms with van der Waals surface area (Å²) in [5, 5.41) is 3.35. The summed E-state index contributed by atoms with van der Waals surface area (Å²) in [6.45, 7) is 2.85. The second-order valence-corrected chi connectivity index (χ2v) is 4.57. The first-order chi connectivity index (χ1) is 8.22. The monoisotopic (exact) mass is 297 g/mol. The molecule has 2 rings (SSSR count). The van der Waals surface area contributed by atoms with E-state index in [1.807, 2.05) is 13.0 Å².